The van der Waals surface area contributed by atoms with Crippen LogP contribution in [0.15, 0.2) is 53.4 Å². The van der Waals surface area contributed by atoms with Gasteiger partial charge in [-0.25, -0.2) is 8.42 Å². The Morgan fingerprint density at radius 1 is 0.971 bits per heavy atom. The first-order valence-electron chi connectivity index (χ1n) is 10.8. The SMILES string of the molecule is O=S(=O)(C1=Cc2ccc(OC(F)F)cc2CC1)N1CCN(c2nnnn2-c2ccccc2)CC1. The molecule has 5 rings (SSSR count). The number of alkyl halides is 2. The van der Waals surface area contributed by atoms with E-state index in [1.165, 1.54) is 16.4 Å². The molecular weight excluding hydrogens is 466 g/mol. The molecule has 0 spiro atoms. The molecule has 0 amide bonds. The Balaban J connectivity index is 1.29. The molecule has 0 saturated carbocycles. The van der Waals surface area contributed by atoms with Gasteiger partial charge in [0.2, 0.25) is 16.0 Å². The number of allylic oxidation sites excluding steroid dienone is 1. The highest BCUT2D eigenvalue weighted by Gasteiger charge is 2.32. The van der Waals surface area contributed by atoms with Crippen LogP contribution < -0.4 is 9.64 Å². The van der Waals surface area contributed by atoms with Crippen molar-refractivity contribution >= 4 is 22.0 Å². The fourth-order valence-corrected chi connectivity index (χ4v) is 5.84. The van der Waals surface area contributed by atoms with E-state index in [4.69, 9.17) is 0 Å². The summed E-state index contributed by atoms with van der Waals surface area (Å²) in [6.07, 6.45) is 2.37. The Labute approximate surface area is 195 Å². The second kappa shape index (κ2) is 9.11. The van der Waals surface area contributed by atoms with Crippen molar-refractivity contribution in [3.8, 4) is 11.4 Å². The maximum atomic E-state index is 13.3. The third kappa shape index (κ3) is 4.38. The van der Waals surface area contributed by atoms with E-state index in [0.717, 1.165) is 11.3 Å². The van der Waals surface area contributed by atoms with Gasteiger partial charge in [0.1, 0.15) is 5.75 Å². The molecule has 3 aromatic rings. The number of aryl methyl sites for hydroxylation is 1. The molecule has 1 aliphatic heterocycles. The molecule has 178 valence electrons. The van der Waals surface area contributed by atoms with Crippen LogP contribution >= 0.6 is 0 Å². The minimum Gasteiger partial charge on any atom is -0.435 e. The largest absolute Gasteiger partial charge is 0.435 e. The predicted molar refractivity (Wildman–Crippen MR) is 121 cm³/mol. The molecule has 0 N–H and O–H groups in total. The lowest BCUT2D eigenvalue weighted by molar-refractivity contribution is -0.0498. The molecule has 1 fully saturated rings. The molecule has 2 aromatic carbocycles. The molecule has 2 heterocycles. The number of sulfonamides is 1. The highest BCUT2D eigenvalue weighted by Crippen LogP contribution is 2.32. The van der Waals surface area contributed by atoms with Gasteiger partial charge >= 0.3 is 6.61 Å². The van der Waals surface area contributed by atoms with Gasteiger partial charge in [0, 0.05) is 26.2 Å². The minimum absolute atomic E-state index is 0.0717. The van der Waals surface area contributed by atoms with Gasteiger partial charge in [0.15, 0.2) is 0 Å². The number of halogens is 2. The molecule has 12 heteroatoms. The van der Waals surface area contributed by atoms with Gasteiger partial charge in [-0.3, -0.25) is 0 Å². The van der Waals surface area contributed by atoms with Crippen molar-refractivity contribution in [1.82, 2.24) is 24.5 Å². The molecule has 0 unspecified atom stereocenters. The molecular formula is C22H22F2N6O3S. The predicted octanol–water partition coefficient (Wildman–Crippen LogP) is 2.70. The van der Waals surface area contributed by atoms with Crippen molar-refractivity contribution in [2.45, 2.75) is 19.5 Å². The first kappa shape index (κ1) is 22.4. The van der Waals surface area contributed by atoms with E-state index in [9.17, 15) is 17.2 Å². The minimum atomic E-state index is -3.65. The topological polar surface area (TPSA) is 93.5 Å². The van der Waals surface area contributed by atoms with Gasteiger partial charge in [0.25, 0.3) is 0 Å². The molecule has 0 atom stereocenters. The summed E-state index contributed by atoms with van der Waals surface area (Å²) in [5, 5.41) is 12.0. The molecule has 34 heavy (non-hydrogen) atoms. The molecule has 0 bridgehead atoms. The van der Waals surface area contributed by atoms with Crippen LogP contribution in [0.3, 0.4) is 0 Å². The number of hydrogen-bond acceptors (Lipinski definition) is 7. The smallest absolute Gasteiger partial charge is 0.387 e. The summed E-state index contributed by atoms with van der Waals surface area (Å²) in [6, 6.07) is 14.1. The third-order valence-corrected chi connectivity index (χ3v) is 7.97. The first-order chi connectivity index (χ1) is 16.4. The van der Waals surface area contributed by atoms with E-state index in [2.05, 4.69) is 20.3 Å². The van der Waals surface area contributed by atoms with E-state index < -0.39 is 16.6 Å². The van der Waals surface area contributed by atoms with Crippen LogP contribution in [0.1, 0.15) is 17.5 Å². The Bertz CT molecular complexity index is 1310. The van der Waals surface area contributed by atoms with Gasteiger partial charge in [-0.15, -0.1) is 0 Å². The Hall–Kier alpha value is -3.38. The second-order valence-electron chi connectivity index (χ2n) is 7.97. The summed E-state index contributed by atoms with van der Waals surface area (Å²) in [5.74, 6) is 0.637. The summed E-state index contributed by atoms with van der Waals surface area (Å²) < 4.78 is 59.1. The number of para-hydroxylation sites is 1. The molecule has 1 aromatic heterocycles. The summed E-state index contributed by atoms with van der Waals surface area (Å²) >= 11 is 0. The third-order valence-electron chi connectivity index (χ3n) is 5.94. The number of nitrogens with zero attached hydrogens (tertiary/aromatic N) is 6. The van der Waals surface area contributed by atoms with Crippen molar-refractivity contribution in [2.75, 3.05) is 31.1 Å². The molecule has 2 aliphatic rings. The summed E-state index contributed by atoms with van der Waals surface area (Å²) in [6.45, 7) is -1.40. The van der Waals surface area contributed by atoms with Gasteiger partial charge in [-0.1, -0.05) is 29.4 Å². The molecule has 1 saturated heterocycles. The summed E-state index contributed by atoms with van der Waals surface area (Å²) in [7, 11) is -3.65. The van der Waals surface area contributed by atoms with Crippen molar-refractivity contribution < 1.29 is 21.9 Å². The summed E-state index contributed by atoms with van der Waals surface area (Å²) in [4.78, 5) is 2.29. The molecule has 0 radical (unpaired) electrons. The number of aromatic nitrogens is 4. The number of anilines is 1. The van der Waals surface area contributed by atoms with Crippen LogP contribution in [0.5, 0.6) is 5.75 Å². The van der Waals surface area contributed by atoms with Gasteiger partial charge in [-0.05, 0) is 64.7 Å². The van der Waals surface area contributed by atoms with Gasteiger partial charge in [-0.2, -0.15) is 17.8 Å². The molecule has 1 aliphatic carbocycles. The average molecular weight is 489 g/mol. The van der Waals surface area contributed by atoms with E-state index in [1.54, 1.807) is 16.8 Å². The fourth-order valence-electron chi connectivity index (χ4n) is 4.23. The van der Waals surface area contributed by atoms with Crippen molar-refractivity contribution in [3.63, 3.8) is 0 Å². The molecule has 9 nitrogen and oxygen atoms in total. The zero-order chi connectivity index (χ0) is 23.7. The number of piperazine rings is 1. The van der Waals surface area contributed by atoms with Crippen LogP contribution in [0.2, 0.25) is 0 Å². The lowest BCUT2D eigenvalue weighted by Gasteiger charge is -2.35. The van der Waals surface area contributed by atoms with E-state index in [-0.39, 0.29) is 5.75 Å². The Morgan fingerprint density at radius 3 is 2.47 bits per heavy atom. The van der Waals surface area contributed by atoms with Crippen LogP contribution in [0, 0.1) is 0 Å². The van der Waals surface area contributed by atoms with Crippen molar-refractivity contribution in [2.24, 2.45) is 0 Å². The number of benzene rings is 2. The number of rotatable bonds is 6. The van der Waals surface area contributed by atoms with E-state index in [0.29, 0.717) is 55.4 Å². The lowest BCUT2D eigenvalue weighted by Crippen LogP contribution is -2.49. The lowest BCUT2D eigenvalue weighted by atomic mass is 9.97. The number of fused-ring (bicyclic) bond motifs is 1. The maximum absolute atomic E-state index is 13.3. The number of ether oxygens (including phenoxy) is 1. The fraction of sp³-hybridized carbons (Fsp3) is 0.318. The van der Waals surface area contributed by atoms with Crippen LogP contribution in [0.25, 0.3) is 11.8 Å². The maximum Gasteiger partial charge on any atom is 0.387 e. The monoisotopic (exact) mass is 488 g/mol. The van der Waals surface area contributed by atoms with Gasteiger partial charge in [0.05, 0.1) is 10.6 Å². The quantitative estimate of drug-likeness (QED) is 0.527. The van der Waals surface area contributed by atoms with Gasteiger partial charge < -0.3 is 9.64 Å². The number of hydrogen-bond donors (Lipinski definition) is 0. The summed E-state index contributed by atoms with van der Waals surface area (Å²) in [5.41, 5.74) is 2.31. The normalized spacial score (nSPS) is 16.9. The van der Waals surface area contributed by atoms with Crippen molar-refractivity contribution in [3.05, 3.63) is 64.6 Å². The van der Waals surface area contributed by atoms with E-state index >= 15 is 0 Å². The zero-order valence-electron chi connectivity index (χ0n) is 18.1. The van der Waals surface area contributed by atoms with Crippen LogP contribution in [0.4, 0.5) is 14.7 Å². The zero-order valence-corrected chi connectivity index (χ0v) is 18.9. The first-order valence-corrected chi connectivity index (χ1v) is 12.2. The average Bonchev–Trinajstić information content (AvgIpc) is 3.34. The highest BCUT2D eigenvalue weighted by molar-refractivity contribution is 7.93. The van der Waals surface area contributed by atoms with E-state index in [1.807, 2.05) is 35.2 Å². The van der Waals surface area contributed by atoms with Crippen LogP contribution in [-0.2, 0) is 16.4 Å². The standard InChI is InChI=1S/C22H22F2N6O3S/c23-21(24)33-19-8-6-17-15-20(9-7-16(17)14-19)34(31,32)29-12-10-28(11-13-29)22-25-26-27-30(22)18-4-2-1-3-5-18/h1-6,8,14-15,21H,7,9-13H2. The Kier molecular flexibility index (Phi) is 6.00. The highest BCUT2D eigenvalue weighted by atomic mass is 32.2. The van der Waals surface area contributed by atoms with Crippen LogP contribution in [-0.4, -0.2) is 65.7 Å². The number of tetrazole rings is 1. The van der Waals surface area contributed by atoms with Crippen molar-refractivity contribution in [1.29, 1.82) is 0 Å². The Morgan fingerprint density at radius 2 is 1.74 bits per heavy atom. The second-order valence-corrected chi connectivity index (χ2v) is 9.96.